The molecular weight excluding hydrogens is 484 g/mol. The summed E-state index contributed by atoms with van der Waals surface area (Å²) in [6.45, 7) is -2.54. The Labute approximate surface area is 186 Å². The van der Waals surface area contributed by atoms with Gasteiger partial charge in [0, 0.05) is 34.6 Å². The predicted molar refractivity (Wildman–Crippen MR) is 112 cm³/mol. The van der Waals surface area contributed by atoms with E-state index in [0.29, 0.717) is 24.4 Å². The highest BCUT2D eigenvalue weighted by Crippen LogP contribution is 2.66. The molecule has 1 aromatic carbocycles. The Bertz CT molecular complexity index is 911. The van der Waals surface area contributed by atoms with E-state index in [1.54, 1.807) is 6.07 Å². The van der Waals surface area contributed by atoms with Crippen LogP contribution >= 0.6 is 27.5 Å². The number of esters is 1. The Kier molecular flexibility index (Phi) is 6.81. The maximum Gasteiger partial charge on any atom is 0.331 e. The molecule has 1 aromatic rings. The monoisotopic (exact) mass is 503 g/mol. The number of rotatable bonds is 7. The lowest BCUT2D eigenvalue weighted by atomic mass is 9.97. The van der Waals surface area contributed by atoms with E-state index in [4.69, 9.17) is 22.1 Å². The molecule has 1 heterocycles. The molecule has 2 fully saturated rings. The van der Waals surface area contributed by atoms with Gasteiger partial charge in [-0.1, -0.05) is 33.6 Å². The molecule has 1 amide bonds. The van der Waals surface area contributed by atoms with Crippen LogP contribution in [0.4, 0.5) is 8.78 Å². The van der Waals surface area contributed by atoms with E-state index in [1.807, 2.05) is 12.1 Å². The standard InChI is InChI=1S/C20H21BrClF2N3O3/c1-30-17(28)16(6-11(9-25)10-26-19(23)24)27-5-4-20(18(27)29)8-14(20)13-3-2-12(21)7-15(13)22/h2-3,7,9-10,14,16,19H,4-6,8,25H2,1H3/b11-9-,26-10+/t14-,16-,20+/m1/s1. The van der Waals surface area contributed by atoms with Gasteiger partial charge >= 0.3 is 12.5 Å². The summed E-state index contributed by atoms with van der Waals surface area (Å²) in [7, 11) is 1.21. The van der Waals surface area contributed by atoms with E-state index >= 15 is 0 Å². The molecule has 6 nitrogen and oxygen atoms in total. The van der Waals surface area contributed by atoms with Gasteiger partial charge in [-0.3, -0.25) is 4.79 Å². The first-order valence-electron chi connectivity index (χ1n) is 9.29. The van der Waals surface area contributed by atoms with Gasteiger partial charge in [-0.15, -0.1) is 0 Å². The lowest BCUT2D eigenvalue weighted by molar-refractivity contribution is -0.152. The van der Waals surface area contributed by atoms with E-state index in [-0.39, 0.29) is 23.8 Å². The highest BCUT2D eigenvalue weighted by atomic mass is 79.9. The SMILES string of the molecule is COC(=O)[C@@H](CC(=C/N)/C=N/C(F)F)N1CC[C@@]2(C[C@@H]2c2ccc(Br)cc2Cl)C1=O. The molecule has 2 aliphatic rings. The van der Waals surface area contributed by atoms with Crippen LogP contribution in [0.2, 0.25) is 5.02 Å². The Morgan fingerprint density at radius 3 is 2.87 bits per heavy atom. The first-order valence-corrected chi connectivity index (χ1v) is 10.5. The molecule has 0 radical (unpaired) electrons. The normalized spacial score (nSPS) is 24.9. The smallest absolute Gasteiger partial charge is 0.331 e. The fourth-order valence-electron chi connectivity index (χ4n) is 4.12. The fourth-order valence-corrected chi connectivity index (χ4v) is 4.92. The van der Waals surface area contributed by atoms with Crippen molar-refractivity contribution in [1.82, 2.24) is 4.90 Å². The van der Waals surface area contributed by atoms with Gasteiger partial charge in [-0.05, 0) is 42.3 Å². The zero-order valence-electron chi connectivity index (χ0n) is 16.2. The minimum Gasteiger partial charge on any atom is -0.467 e. The van der Waals surface area contributed by atoms with Crippen LogP contribution in [0, 0.1) is 5.41 Å². The van der Waals surface area contributed by atoms with Crippen LogP contribution in [0.15, 0.2) is 39.4 Å². The molecule has 162 valence electrons. The van der Waals surface area contributed by atoms with Gasteiger partial charge in [-0.25, -0.2) is 9.79 Å². The molecule has 30 heavy (non-hydrogen) atoms. The Morgan fingerprint density at radius 2 is 2.27 bits per heavy atom. The highest BCUT2D eigenvalue weighted by Gasteiger charge is 2.65. The van der Waals surface area contributed by atoms with Crippen LogP contribution in [0.1, 0.15) is 30.7 Å². The second-order valence-electron chi connectivity index (χ2n) is 7.37. The summed E-state index contributed by atoms with van der Waals surface area (Å²) in [5, 5.41) is 0.582. The quantitative estimate of drug-likeness (QED) is 0.347. The van der Waals surface area contributed by atoms with Gasteiger partial charge in [-0.2, -0.15) is 8.78 Å². The molecule has 10 heteroatoms. The predicted octanol–water partition coefficient (Wildman–Crippen LogP) is 3.88. The minimum absolute atomic E-state index is 0.0289. The van der Waals surface area contributed by atoms with Crippen molar-refractivity contribution in [3.8, 4) is 0 Å². The van der Waals surface area contributed by atoms with Crippen LogP contribution in [0.25, 0.3) is 0 Å². The maximum atomic E-state index is 13.3. The zero-order valence-corrected chi connectivity index (χ0v) is 18.5. The number of nitrogens with two attached hydrogens (primary N) is 1. The Morgan fingerprint density at radius 1 is 1.53 bits per heavy atom. The first kappa shape index (κ1) is 22.7. The number of nitrogens with zero attached hydrogens (tertiary/aromatic N) is 2. The largest absolute Gasteiger partial charge is 0.467 e. The molecule has 1 spiro atoms. The Hall–Kier alpha value is -2.00. The van der Waals surface area contributed by atoms with Crippen LogP contribution in [0.3, 0.4) is 0 Å². The lowest BCUT2D eigenvalue weighted by Crippen LogP contribution is -2.44. The summed E-state index contributed by atoms with van der Waals surface area (Å²) in [5.74, 6) is -0.827. The number of carbonyl (C=O) groups is 2. The van der Waals surface area contributed by atoms with E-state index < -0.39 is 24.0 Å². The molecule has 1 saturated carbocycles. The highest BCUT2D eigenvalue weighted by molar-refractivity contribution is 9.10. The zero-order chi connectivity index (χ0) is 22.1. The van der Waals surface area contributed by atoms with Gasteiger partial charge in [0.2, 0.25) is 5.91 Å². The van der Waals surface area contributed by atoms with E-state index in [2.05, 4.69) is 20.9 Å². The molecule has 1 saturated heterocycles. The van der Waals surface area contributed by atoms with Gasteiger partial charge in [0.25, 0.3) is 0 Å². The molecule has 0 unspecified atom stereocenters. The number of alkyl halides is 2. The van der Waals surface area contributed by atoms with Crippen molar-refractivity contribution < 1.29 is 23.1 Å². The fraction of sp³-hybridized carbons (Fsp3) is 0.450. The number of halogens is 4. The van der Waals surface area contributed by atoms with Crippen molar-refractivity contribution in [2.45, 2.75) is 37.8 Å². The third-order valence-electron chi connectivity index (χ3n) is 5.74. The third-order valence-corrected chi connectivity index (χ3v) is 6.57. The van der Waals surface area contributed by atoms with Crippen LogP contribution in [-0.2, 0) is 14.3 Å². The number of hydrogen-bond acceptors (Lipinski definition) is 5. The number of aliphatic imine (C=N–C) groups is 1. The van der Waals surface area contributed by atoms with Crippen molar-refractivity contribution in [3.05, 3.63) is 45.0 Å². The van der Waals surface area contributed by atoms with Gasteiger partial charge in [0.05, 0.1) is 12.5 Å². The van der Waals surface area contributed by atoms with Gasteiger partial charge < -0.3 is 15.4 Å². The summed E-state index contributed by atoms with van der Waals surface area (Å²) in [6, 6.07) is 4.60. The van der Waals surface area contributed by atoms with E-state index in [1.165, 1.54) is 12.0 Å². The van der Waals surface area contributed by atoms with Crippen LogP contribution in [-0.4, -0.2) is 49.2 Å². The molecule has 0 aromatic heterocycles. The molecular formula is C20H21BrClF2N3O3. The van der Waals surface area contributed by atoms with Gasteiger partial charge in [0.15, 0.2) is 0 Å². The topological polar surface area (TPSA) is 85.0 Å². The average molecular weight is 505 g/mol. The van der Waals surface area contributed by atoms with E-state index in [0.717, 1.165) is 22.5 Å². The third kappa shape index (κ3) is 4.37. The van der Waals surface area contributed by atoms with Crippen LogP contribution in [0.5, 0.6) is 0 Å². The number of benzene rings is 1. The molecule has 1 aliphatic heterocycles. The summed E-state index contributed by atoms with van der Waals surface area (Å²) in [4.78, 5) is 30.2. The molecule has 3 atom stereocenters. The second kappa shape index (κ2) is 9.01. The molecule has 3 rings (SSSR count). The maximum absolute atomic E-state index is 13.3. The molecule has 0 bridgehead atoms. The van der Waals surface area contributed by atoms with Crippen molar-refractivity contribution in [1.29, 1.82) is 0 Å². The number of ether oxygens (including phenoxy) is 1. The average Bonchev–Trinajstić information content (AvgIpc) is 3.34. The second-order valence-corrected chi connectivity index (χ2v) is 8.69. The number of likely N-dealkylation sites (tertiary alicyclic amines) is 1. The molecule has 2 N–H and O–H groups in total. The summed E-state index contributed by atoms with van der Waals surface area (Å²) in [6.07, 6.45) is 3.16. The van der Waals surface area contributed by atoms with Crippen molar-refractivity contribution >= 4 is 45.6 Å². The lowest BCUT2D eigenvalue weighted by Gasteiger charge is -2.26. The summed E-state index contributed by atoms with van der Waals surface area (Å²) < 4.78 is 30.5. The molecule has 1 aliphatic carbocycles. The van der Waals surface area contributed by atoms with Crippen molar-refractivity contribution in [2.75, 3.05) is 13.7 Å². The Balaban J connectivity index is 1.80. The number of amides is 1. The summed E-state index contributed by atoms with van der Waals surface area (Å²) >= 11 is 9.74. The number of carbonyl (C=O) groups excluding carboxylic acids is 2. The van der Waals surface area contributed by atoms with Crippen molar-refractivity contribution in [3.63, 3.8) is 0 Å². The minimum atomic E-state index is -2.89. The van der Waals surface area contributed by atoms with Crippen molar-refractivity contribution in [2.24, 2.45) is 16.1 Å². The van der Waals surface area contributed by atoms with Gasteiger partial charge in [0.1, 0.15) is 6.04 Å². The first-order chi connectivity index (χ1) is 14.2. The number of hydrogen-bond donors (Lipinski definition) is 1. The summed E-state index contributed by atoms with van der Waals surface area (Å²) in [5.41, 5.74) is 6.01. The number of methoxy groups -OCH3 is 1. The van der Waals surface area contributed by atoms with Crippen LogP contribution < -0.4 is 5.73 Å². The van der Waals surface area contributed by atoms with E-state index in [9.17, 15) is 18.4 Å².